The van der Waals surface area contributed by atoms with Gasteiger partial charge in [0.15, 0.2) is 5.13 Å². The van der Waals surface area contributed by atoms with Crippen molar-refractivity contribution in [1.82, 2.24) is 4.98 Å². The van der Waals surface area contributed by atoms with Crippen molar-refractivity contribution in [2.24, 2.45) is 0 Å². The van der Waals surface area contributed by atoms with Crippen LogP contribution in [-0.2, 0) is 22.3 Å². The van der Waals surface area contributed by atoms with Gasteiger partial charge >= 0.3 is 12.1 Å². The number of hydrogen-bond donors (Lipinski definition) is 0. The minimum absolute atomic E-state index is 0.0389. The van der Waals surface area contributed by atoms with E-state index in [-0.39, 0.29) is 17.4 Å². The summed E-state index contributed by atoms with van der Waals surface area (Å²) in [6.45, 7) is 2.90. The van der Waals surface area contributed by atoms with Gasteiger partial charge in [-0.25, -0.2) is 9.78 Å². The van der Waals surface area contributed by atoms with Crippen LogP contribution in [0.3, 0.4) is 0 Å². The van der Waals surface area contributed by atoms with E-state index in [2.05, 4.69) is 4.98 Å². The molecular weight excluding hydrogens is 445 g/mol. The molecule has 1 aromatic heterocycles. The molecule has 0 fully saturated rings. The first-order chi connectivity index (χ1) is 15.1. The fourth-order valence-corrected chi connectivity index (χ4v) is 3.75. The smallest absolute Gasteiger partial charge is 0.416 e. The van der Waals surface area contributed by atoms with Crippen molar-refractivity contribution >= 4 is 34.0 Å². The van der Waals surface area contributed by atoms with Crippen LogP contribution in [-0.4, -0.2) is 24.0 Å². The molecule has 6 nitrogen and oxygen atoms in total. The third kappa shape index (κ3) is 5.25. The standard InChI is InChI=1S/C22H19F3N2O4S/c1-13-7-8-15(9-19(13)30-3)20(29)31-11-17-12-32-21(26-17)27(14(2)28)18-6-4-5-16(10-18)22(23,24)25/h4-10,12H,11H2,1-3H3. The molecule has 2 aromatic carbocycles. The fraction of sp³-hybridized carbons (Fsp3) is 0.227. The van der Waals surface area contributed by atoms with Crippen LogP contribution >= 0.6 is 11.3 Å². The number of hydrogen-bond acceptors (Lipinski definition) is 6. The van der Waals surface area contributed by atoms with Gasteiger partial charge in [-0.15, -0.1) is 11.3 Å². The number of amides is 1. The van der Waals surface area contributed by atoms with Crippen LogP contribution in [0.2, 0.25) is 0 Å². The number of benzene rings is 2. The summed E-state index contributed by atoms with van der Waals surface area (Å²) in [5.41, 5.74) is 0.692. The van der Waals surface area contributed by atoms with Gasteiger partial charge in [-0.3, -0.25) is 9.69 Å². The van der Waals surface area contributed by atoms with E-state index in [1.165, 1.54) is 26.2 Å². The van der Waals surface area contributed by atoms with E-state index >= 15 is 0 Å². The minimum atomic E-state index is -4.54. The van der Waals surface area contributed by atoms with Crippen LogP contribution < -0.4 is 9.64 Å². The average molecular weight is 464 g/mol. The number of methoxy groups -OCH3 is 1. The maximum atomic E-state index is 13.1. The Kier molecular flexibility index (Phi) is 6.83. The Morgan fingerprint density at radius 2 is 1.91 bits per heavy atom. The van der Waals surface area contributed by atoms with Crippen molar-refractivity contribution in [3.05, 3.63) is 70.2 Å². The molecular formula is C22H19F3N2O4S. The van der Waals surface area contributed by atoms with E-state index < -0.39 is 23.6 Å². The third-order valence-electron chi connectivity index (χ3n) is 4.47. The molecule has 0 saturated heterocycles. The highest BCUT2D eigenvalue weighted by molar-refractivity contribution is 7.14. The first kappa shape index (κ1) is 23.3. The zero-order valence-corrected chi connectivity index (χ0v) is 18.2. The predicted octanol–water partition coefficient (Wildman–Crippen LogP) is 5.52. The zero-order chi connectivity index (χ0) is 23.5. The van der Waals surface area contributed by atoms with Crippen molar-refractivity contribution < 1.29 is 32.2 Å². The summed E-state index contributed by atoms with van der Waals surface area (Å²) in [7, 11) is 1.50. The lowest BCUT2D eigenvalue weighted by molar-refractivity contribution is -0.137. The molecule has 0 aliphatic carbocycles. The van der Waals surface area contributed by atoms with Gasteiger partial charge in [0.1, 0.15) is 12.4 Å². The average Bonchev–Trinajstić information content (AvgIpc) is 3.20. The van der Waals surface area contributed by atoms with Crippen molar-refractivity contribution in [3.63, 3.8) is 0 Å². The number of aromatic nitrogens is 1. The second-order valence-corrected chi connectivity index (χ2v) is 7.62. The van der Waals surface area contributed by atoms with E-state index in [0.29, 0.717) is 17.0 Å². The maximum Gasteiger partial charge on any atom is 0.416 e. The summed E-state index contributed by atoms with van der Waals surface area (Å²) in [5.74, 6) is -0.540. The molecule has 0 unspecified atom stereocenters. The van der Waals surface area contributed by atoms with E-state index in [9.17, 15) is 22.8 Å². The quantitative estimate of drug-likeness (QED) is 0.450. The molecule has 0 N–H and O–H groups in total. The lowest BCUT2D eigenvalue weighted by Gasteiger charge is -2.19. The molecule has 168 valence electrons. The summed E-state index contributed by atoms with van der Waals surface area (Å²) < 4.78 is 49.6. The number of rotatable bonds is 6. The van der Waals surface area contributed by atoms with Crippen molar-refractivity contribution in [2.75, 3.05) is 12.0 Å². The number of halogens is 3. The van der Waals surface area contributed by atoms with Crippen LogP contribution in [0.25, 0.3) is 0 Å². The highest BCUT2D eigenvalue weighted by Crippen LogP contribution is 2.35. The number of carbonyl (C=O) groups is 2. The Morgan fingerprint density at radius 3 is 2.56 bits per heavy atom. The highest BCUT2D eigenvalue weighted by Gasteiger charge is 2.31. The SMILES string of the molecule is COc1cc(C(=O)OCc2csc(N(C(C)=O)c3cccc(C(F)(F)F)c3)n2)ccc1C. The summed E-state index contributed by atoms with van der Waals surface area (Å²) in [5, 5.41) is 1.74. The van der Waals surface area contributed by atoms with Crippen LogP contribution in [0.5, 0.6) is 5.75 Å². The van der Waals surface area contributed by atoms with E-state index in [1.807, 2.05) is 6.92 Å². The normalized spacial score (nSPS) is 11.2. The Labute approximate surface area is 186 Å². The van der Waals surface area contributed by atoms with Crippen LogP contribution in [0, 0.1) is 6.92 Å². The van der Waals surface area contributed by atoms with E-state index in [0.717, 1.165) is 33.9 Å². The van der Waals surface area contributed by atoms with Crippen molar-refractivity contribution in [1.29, 1.82) is 0 Å². The molecule has 3 aromatic rings. The Morgan fingerprint density at radius 1 is 1.16 bits per heavy atom. The number of aryl methyl sites for hydroxylation is 1. The lowest BCUT2D eigenvalue weighted by atomic mass is 10.1. The molecule has 0 saturated carbocycles. The van der Waals surface area contributed by atoms with Gasteiger partial charge in [0.25, 0.3) is 0 Å². The van der Waals surface area contributed by atoms with Gasteiger partial charge in [-0.2, -0.15) is 13.2 Å². The molecule has 32 heavy (non-hydrogen) atoms. The minimum Gasteiger partial charge on any atom is -0.496 e. The van der Waals surface area contributed by atoms with Crippen molar-refractivity contribution in [3.8, 4) is 5.75 Å². The molecule has 1 heterocycles. The first-order valence-electron chi connectivity index (χ1n) is 9.34. The lowest BCUT2D eigenvalue weighted by Crippen LogP contribution is -2.23. The van der Waals surface area contributed by atoms with Gasteiger partial charge in [0.05, 0.1) is 29.6 Å². The number of anilines is 2. The summed E-state index contributed by atoms with van der Waals surface area (Å²) >= 11 is 1.05. The second-order valence-electron chi connectivity index (χ2n) is 6.78. The monoisotopic (exact) mass is 464 g/mol. The predicted molar refractivity (Wildman–Crippen MR) is 113 cm³/mol. The van der Waals surface area contributed by atoms with Crippen LogP contribution in [0.15, 0.2) is 47.8 Å². The molecule has 1 amide bonds. The molecule has 0 spiro atoms. The second kappa shape index (κ2) is 9.39. The molecule has 0 atom stereocenters. The number of thiazole rings is 1. The van der Waals surface area contributed by atoms with Gasteiger partial charge < -0.3 is 9.47 Å². The Balaban J connectivity index is 1.76. The third-order valence-corrected chi connectivity index (χ3v) is 5.35. The topological polar surface area (TPSA) is 68.7 Å². The largest absolute Gasteiger partial charge is 0.496 e. The molecule has 3 rings (SSSR count). The number of nitrogens with zero attached hydrogens (tertiary/aromatic N) is 2. The molecule has 0 aliphatic heterocycles. The Bertz CT molecular complexity index is 1140. The van der Waals surface area contributed by atoms with Gasteiger partial charge in [-0.05, 0) is 42.8 Å². The first-order valence-corrected chi connectivity index (χ1v) is 10.2. The van der Waals surface area contributed by atoms with E-state index in [4.69, 9.17) is 9.47 Å². The Hall–Kier alpha value is -3.40. The number of ether oxygens (including phenoxy) is 2. The maximum absolute atomic E-state index is 13.1. The van der Waals surface area contributed by atoms with Crippen LogP contribution in [0.4, 0.5) is 24.0 Å². The van der Waals surface area contributed by atoms with Crippen molar-refractivity contribution in [2.45, 2.75) is 26.6 Å². The van der Waals surface area contributed by atoms with E-state index in [1.54, 1.807) is 23.6 Å². The zero-order valence-electron chi connectivity index (χ0n) is 17.4. The summed E-state index contributed by atoms with van der Waals surface area (Å²) in [4.78, 5) is 29.8. The summed E-state index contributed by atoms with van der Waals surface area (Å²) in [6.07, 6.45) is -4.54. The number of carbonyl (C=O) groups excluding carboxylic acids is 2. The number of alkyl halides is 3. The van der Waals surface area contributed by atoms with Gasteiger partial charge in [-0.1, -0.05) is 12.1 Å². The van der Waals surface area contributed by atoms with Gasteiger partial charge in [0.2, 0.25) is 5.91 Å². The fourth-order valence-electron chi connectivity index (χ4n) is 2.88. The summed E-state index contributed by atoms with van der Waals surface area (Å²) in [6, 6.07) is 9.33. The molecule has 10 heteroatoms. The van der Waals surface area contributed by atoms with Crippen LogP contribution in [0.1, 0.15) is 34.1 Å². The van der Waals surface area contributed by atoms with Gasteiger partial charge in [0, 0.05) is 12.3 Å². The highest BCUT2D eigenvalue weighted by atomic mass is 32.1. The number of esters is 1. The molecule has 0 radical (unpaired) electrons. The molecule has 0 aliphatic rings. The molecule has 0 bridgehead atoms.